The van der Waals surface area contributed by atoms with E-state index in [1.54, 1.807) is 0 Å². The van der Waals surface area contributed by atoms with E-state index in [-0.39, 0.29) is 36.6 Å². The van der Waals surface area contributed by atoms with Crippen LogP contribution in [-0.4, -0.2) is 73.5 Å². The maximum atomic E-state index is 12.1. The van der Waals surface area contributed by atoms with Crippen LogP contribution in [0.3, 0.4) is 0 Å². The standard InChI is InChI=1S/C17H30N4O2.2ClH/c1-20-6-8-21(9-7-20)17(23)4-5-18-16(22)12-13-10-14-2-3-15(11-13)19-14;;/h13-15,19H,2-12H2,1H3,(H,18,22);2*1H. The summed E-state index contributed by atoms with van der Waals surface area (Å²) in [6.07, 6.45) is 5.84. The Bertz CT molecular complexity index is 432. The molecule has 2 atom stereocenters. The first-order chi connectivity index (χ1) is 11.1. The van der Waals surface area contributed by atoms with Crippen LogP contribution in [0.1, 0.15) is 38.5 Å². The zero-order chi connectivity index (χ0) is 16.2. The molecule has 2 amide bonds. The van der Waals surface area contributed by atoms with Crippen molar-refractivity contribution >= 4 is 36.6 Å². The van der Waals surface area contributed by atoms with E-state index in [9.17, 15) is 9.59 Å². The Balaban J connectivity index is 0.00000156. The van der Waals surface area contributed by atoms with Gasteiger partial charge in [-0.1, -0.05) is 0 Å². The third-order valence-electron chi connectivity index (χ3n) is 5.56. The largest absolute Gasteiger partial charge is 0.356 e. The minimum absolute atomic E-state index is 0. The fourth-order valence-electron chi connectivity index (χ4n) is 4.20. The average Bonchev–Trinajstić information content (AvgIpc) is 2.86. The Kier molecular flexibility index (Phi) is 9.49. The lowest BCUT2D eigenvalue weighted by Crippen LogP contribution is -2.47. The molecule has 3 saturated heterocycles. The third-order valence-corrected chi connectivity index (χ3v) is 5.56. The van der Waals surface area contributed by atoms with Gasteiger partial charge in [0.2, 0.25) is 11.8 Å². The molecule has 0 aromatic carbocycles. The zero-order valence-electron chi connectivity index (χ0n) is 15.0. The molecule has 2 unspecified atom stereocenters. The van der Waals surface area contributed by atoms with Gasteiger partial charge >= 0.3 is 0 Å². The molecule has 8 heteroatoms. The highest BCUT2D eigenvalue weighted by Gasteiger charge is 2.34. The maximum Gasteiger partial charge on any atom is 0.224 e. The molecule has 3 rings (SSSR count). The highest BCUT2D eigenvalue weighted by molar-refractivity contribution is 5.85. The van der Waals surface area contributed by atoms with E-state index in [2.05, 4.69) is 22.6 Å². The SMILES string of the molecule is CN1CCN(C(=O)CCNC(=O)CC2CC3CCC(C2)N3)CC1.Cl.Cl. The molecule has 0 spiro atoms. The summed E-state index contributed by atoms with van der Waals surface area (Å²) in [7, 11) is 2.08. The van der Waals surface area contributed by atoms with E-state index >= 15 is 0 Å². The lowest BCUT2D eigenvalue weighted by atomic mass is 9.89. The molecule has 0 aromatic rings. The number of rotatable bonds is 5. The predicted octanol–water partition coefficient (Wildman–Crippen LogP) is 1.03. The molecule has 0 radical (unpaired) electrons. The van der Waals surface area contributed by atoms with E-state index in [4.69, 9.17) is 0 Å². The number of nitrogens with zero attached hydrogens (tertiary/aromatic N) is 2. The van der Waals surface area contributed by atoms with Crippen molar-refractivity contribution in [3.05, 3.63) is 0 Å². The van der Waals surface area contributed by atoms with Crippen molar-refractivity contribution in [3.63, 3.8) is 0 Å². The Labute approximate surface area is 163 Å². The van der Waals surface area contributed by atoms with Crippen LogP contribution in [0.2, 0.25) is 0 Å². The summed E-state index contributed by atoms with van der Waals surface area (Å²) < 4.78 is 0. The Morgan fingerprint density at radius 2 is 1.64 bits per heavy atom. The van der Waals surface area contributed by atoms with Crippen molar-refractivity contribution in [2.45, 2.75) is 50.6 Å². The van der Waals surface area contributed by atoms with Crippen molar-refractivity contribution in [3.8, 4) is 0 Å². The van der Waals surface area contributed by atoms with Crippen molar-refractivity contribution in [1.82, 2.24) is 20.4 Å². The lowest BCUT2D eigenvalue weighted by Gasteiger charge is -2.32. The van der Waals surface area contributed by atoms with Gasteiger partial charge in [0.25, 0.3) is 0 Å². The number of carbonyl (C=O) groups excluding carboxylic acids is 2. The molecular formula is C17H32Cl2N4O2. The molecule has 3 fully saturated rings. The summed E-state index contributed by atoms with van der Waals surface area (Å²) in [6, 6.07) is 1.26. The molecule has 2 bridgehead atoms. The summed E-state index contributed by atoms with van der Waals surface area (Å²) in [5.41, 5.74) is 0. The molecule has 0 saturated carbocycles. The Morgan fingerprint density at radius 1 is 1.04 bits per heavy atom. The monoisotopic (exact) mass is 394 g/mol. The number of carbonyl (C=O) groups is 2. The first kappa shape index (κ1) is 22.5. The first-order valence-corrected chi connectivity index (χ1v) is 9.09. The van der Waals surface area contributed by atoms with Crippen molar-refractivity contribution < 1.29 is 9.59 Å². The molecule has 146 valence electrons. The average molecular weight is 395 g/mol. The van der Waals surface area contributed by atoms with E-state index in [0.29, 0.717) is 37.4 Å². The van der Waals surface area contributed by atoms with Crippen molar-refractivity contribution in [2.75, 3.05) is 39.8 Å². The van der Waals surface area contributed by atoms with Gasteiger partial charge < -0.3 is 20.4 Å². The second kappa shape index (κ2) is 10.6. The summed E-state index contributed by atoms with van der Waals surface area (Å²) >= 11 is 0. The van der Waals surface area contributed by atoms with Crippen LogP contribution in [0.4, 0.5) is 0 Å². The van der Waals surface area contributed by atoms with E-state index in [1.165, 1.54) is 12.8 Å². The number of fused-ring (bicyclic) bond motifs is 2. The van der Waals surface area contributed by atoms with Crippen molar-refractivity contribution in [1.29, 1.82) is 0 Å². The van der Waals surface area contributed by atoms with Gasteiger partial charge in [0.1, 0.15) is 0 Å². The number of nitrogens with one attached hydrogen (secondary N) is 2. The minimum Gasteiger partial charge on any atom is -0.356 e. The van der Waals surface area contributed by atoms with Gasteiger partial charge in [0.05, 0.1) is 0 Å². The van der Waals surface area contributed by atoms with Gasteiger partial charge in [-0.3, -0.25) is 9.59 Å². The van der Waals surface area contributed by atoms with Crippen LogP contribution >= 0.6 is 24.8 Å². The molecule has 25 heavy (non-hydrogen) atoms. The molecule has 3 aliphatic heterocycles. The smallest absolute Gasteiger partial charge is 0.224 e. The Morgan fingerprint density at radius 3 is 2.24 bits per heavy atom. The summed E-state index contributed by atoms with van der Waals surface area (Å²) in [4.78, 5) is 28.3. The first-order valence-electron chi connectivity index (χ1n) is 9.09. The number of amides is 2. The van der Waals surface area contributed by atoms with Crippen LogP contribution in [0.15, 0.2) is 0 Å². The van der Waals surface area contributed by atoms with E-state index in [0.717, 1.165) is 39.0 Å². The van der Waals surface area contributed by atoms with Gasteiger partial charge in [-0.05, 0) is 38.6 Å². The highest BCUT2D eigenvalue weighted by atomic mass is 35.5. The normalized spacial score (nSPS) is 28.7. The number of hydrogen-bond donors (Lipinski definition) is 2. The fraction of sp³-hybridized carbons (Fsp3) is 0.882. The van der Waals surface area contributed by atoms with Crippen LogP contribution in [0.5, 0.6) is 0 Å². The number of piperidine rings is 1. The van der Waals surface area contributed by atoms with Gasteiger partial charge in [-0.2, -0.15) is 0 Å². The lowest BCUT2D eigenvalue weighted by molar-refractivity contribution is -0.132. The molecule has 3 aliphatic rings. The fourth-order valence-corrected chi connectivity index (χ4v) is 4.20. The van der Waals surface area contributed by atoms with E-state index < -0.39 is 0 Å². The maximum absolute atomic E-state index is 12.1. The quantitative estimate of drug-likeness (QED) is 0.730. The van der Waals surface area contributed by atoms with Gasteiger partial charge in [-0.15, -0.1) is 24.8 Å². The second-order valence-corrected chi connectivity index (χ2v) is 7.46. The summed E-state index contributed by atoms with van der Waals surface area (Å²) in [5.74, 6) is 0.794. The van der Waals surface area contributed by atoms with Gasteiger partial charge in [0.15, 0.2) is 0 Å². The molecule has 3 heterocycles. The highest BCUT2D eigenvalue weighted by Crippen LogP contribution is 2.32. The minimum atomic E-state index is 0. The molecule has 0 aliphatic carbocycles. The van der Waals surface area contributed by atoms with Crippen molar-refractivity contribution in [2.24, 2.45) is 5.92 Å². The van der Waals surface area contributed by atoms with Crippen LogP contribution < -0.4 is 10.6 Å². The topological polar surface area (TPSA) is 64.7 Å². The summed E-state index contributed by atoms with van der Waals surface area (Å²) in [6.45, 7) is 3.97. The number of hydrogen-bond acceptors (Lipinski definition) is 4. The molecule has 2 N–H and O–H groups in total. The second-order valence-electron chi connectivity index (χ2n) is 7.46. The number of piperazine rings is 1. The van der Waals surface area contributed by atoms with Crippen LogP contribution in [0, 0.1) is 5.92 Å². The Hall–Kier alpha value is -0.560. The molecule has 0 aromatic heterocycles. The predicted molar refractivity (Wildman–Crippen MR) is 103 cm³/mol. The van der Waals surface area contributed by atoms with Crippen LogP contribution in [-0.2, 0) is 9.59 Å². The molecular weight excluding hydrogens is 363 g/mol. The summed E-state index contributed by atoms with van der Waals surface area (Å²) in [5, 5.41) is 6.55. The third kappa shape index (κ3) is 6.59. The van der Waals surface area contributed by atoms with E-state index in [1.807, 2.05) is 4.90 Å². The van der Waals surface area contributed by atoms with Gasteiger partial charge in [-0.25, -0.2) is 0 Å². The number of halogens is 2. The number of likely N-dealkylation sites (N-methyl/N-ethyl adjacent to an activating group) is 1. The zero-order valence-corrected chi connectivity index (χ0v) is 16.7. The molecule has 6 nitrogen and oxygen atoms in total. The van der Waals surface area contributed by atoms with Crippen LogP contribution in [0.25, 0.3) is 0 Å². The van der Waals surface area contributed by atoms with Gasteiger partial charge in [0, 0.05) is 57.6 Å².